The number of hydrogen-bond acceptors (Lipinski definition) is 5. The fraction of sp³-hybridized carbons (Fsp3) is 0.915. The second-order valence-corrected chi connectivity index (χ2v) is 24.2. The number of carbonyl (C=O) groups is 2. The number of hydrogen-bond donors (Lipinski definition) is 3. The van der Waals surface area contributed by atoms with Crippen LogP contribution in [-0.4, -0.2) is 47.4 Å². The number of aliphatic hydroxyl groups is 2. The summed E-state index contributed by atoms with van der Waals surface area (Å²) in [6, 6.07) is -0.626. The predicted octanol–water partition coefficient (Wildman–Crippen LogP) is 22.5. The van der Waals surface area contributed by atoms with E-state index in [0.717, 1.165) is 38.5 Å². The number of ether oxygens (including phenoxy) is 1. The maximum Gasteiger partial charge on any atom is 0.305 e. The van der Waals surface area contributed by atoms with Crippen LogP contribution in [0, 0.1) is 0 Å². The molecule has 1 amide bonds. The number of nitrogens with one attached hydrogen (secondary N) is 1. The minimum atomic E-state index is -0.842. The maximum atomic E-state index is 12.5. The monoisotopic (exact) mass is 1080 g/mol. The molecule has 0 aromatic rings. The topological polar surface area (TPSA) is 95.9 Å². The van der Waals surface area contributed by atoms with Gasteiger partial charge < -0.3 is 20.3 Å². The van der Waals surface area contributed by atoms with Crippen molar-refractivity contribution in [2.75, 3.05) is 13.2 Å². The SMILES string of the molecule is CCCCCCCC/C=C\CCCCCCCCCCCC(=O)OCCCCCCCCCCCCCCCCCCCCCCCCCCCCC(=O)NC(CO)C(O)/C=C/CCCCCCCCCCCCCCC. The molecule has 3 N–H and O–H groups in total. The fourth-order valence-corrected chi connectivity index (χ4v) is 11.1. The lowest BCUT2D eigenvalue weighted by Crippen LogP contribution is -2.45. The molecule has 0 saturated carbocycles. The zero-order valence-corrected chi connectivity index (χ0v) is 52.2. The first kappa shape index (κ1) is 75.3. The van der Waals surface area contributed by atoms with Crippen LogP contribution in [0.15, 0.2) is 24.3 Å². The van der Waals surface area contributed by atoms with Crippen LogP contribution in [0.25, 0.3) is 0 Å². The van der Waals surface area contributed by atoms with Crippen molar-refractivity contribution in [1.29, 1.82) is 0 Å². The Hall–Kier alpha value is -1.66. The molecule has 6 heteroatoms. The van der Waals surface area contributed by atoms with Crippen molar-refractivity contribution in [3.63, 3.8) is 0 Å². The highest BCUT2D eigenvalue weighted by molar-refractivity contribution is 5.76. The maximum absolute atomic E-state index is 12.5. The van der Waals surface area contributed by atoms with Gasteiger partial charge in [0.05, 0.1) is 25.4 Å². The molecule has 6 nitrogen and oxygen atoms in total. The minimum absolute atomic E-state index is 0.0171. The van der Waals surface area contributed by atoms with Crippen LogP contribution in [0.4, 0.5) is 0 Å². The molecule has 0 bridgehead atoms. The van der Waals surface area contributed by atoms with E-state index >= 15 is 0 Å². The summed E-state index contributed by atoms with van der Waals surface area (Å²) >= 11 is 0. The van der Waals surface area contributed by atoms with Gasteiger partial charge in [0.2, 0.25) is 5.91 Å². The van der Waals surface area contributed by atoms with E-state index in [2.05, 4.69) is 31.3 Å². The highest BCUT2D eigenvalue weighted by Gasteiger charge is 2.18. The van der Waals surface area contributed by atoms with E-state index in [0.29, 0.717) is 19.4 Å². The van der Waals surface area contributed by atoms with E-state index in [1.165, 1.54) is 327 Å². The van der Waals surface area contributed by atoms with Gasteiger partial charge in [-0.1, -0.05) is 346 Å². The minimum Gasteiger partial charge on any atom is -0.466 e. The molecule has 0 saturated heterocycles. The molecule has 0 aromatic carbocycles. The first-order valence-electron chi connectivity index (χ1n) is 35.1. The second-order valence-electron chi connectivity index (χ2n) is 24.2. The Bertz CT molecular complexity index is 1200. The van der Waals surface area contributed by atoms with E-state index in [4.69, 9.17) is 4.74 Å². The normalized spacial score (nSPS) is 12.6. The molecule has 0 aromatic heterocycles. The molecular weight excluding hydrogens is 947 g/mol. The Morgan fingerprint density at radius 1 is 0.351 bits per heavy atom. The smallest absolute Gasteiger partial charge is 0.305 e. The Kier molecular flexibility index (Phi) is 65.4. The summed E-state index contributed by atoms with van der Waals surface area (Å²) < 4.78 is 5.51. The molecule has 2 atom stereocenters. The zero-order valence-electron chi connectivity index (χ0n) is 52.2. The second kappa shape index (κ2) is 66.8. The Balaban J connectivity index is 3.35. The molecule has 0 aliphatic rings. The van der Waals surface area contributed by atoms with Gasteiger partial charge in [0, 0.05) is 12.8 Å². The third-order valence-electron chi connectivity index (χ3n) is 16.5. The van der Waals surface area contributed by atoms with Crippen LogP contribution >= 0.6 is 0 Å². The van der Waals surface area contributed by atoms with Crippen molar-refractivity contribution in [1.82, 2.24) is 5.32 Å². The van der Waals surface area contributed by atoms with Gasteiger partial charge in [-0.05, 0) is 57.8 Å². The summed E-state index contributed by atoms with van der Waals surface area (Å²) in [5.74, 6) is -0.0461. The zero-order chi connectivity index (χ0) is 55.7. The third-order valence-corrected chi connectivity index (χ3v) is 16.5. The number of rotatable bonds is 66. The lowest BCUT2D eigenvalue weighted by molar-refractivity contribution is -0.143. The van der Waals surface area contributed by atoms with Gasteiger partial charge in [0.15, 0.2) is 0 Å². The molecule has 0 radical (unpaired) electrons. The van der Waals surface area contributed by atoms with Crippen LogP contribution in [0.2, 0.25) is 0 Å². The van der Waals surface area contributed by atoms with Crippen LogP contribution in [0.3, 0.4) is 0 Å². The summed E-state index contributed by atoms with van der Waals surface area (Å²) in [4.78, 5) is 24.6. The molecule has 2 unspecified atom stereocenters. The van der Waals surface area contributed by atoms with E-state index in [9.17, 15) is 19.8 Å². The van der Waals surface area contributed by atoms with E-state index in [1.54, 1.807) is 6.08 Å². The molecule has 77 heavy (non-hydrogen) atoms. The lowest BCUT2D eigenvalue weighted by Gasteiger charge is -2.20. The number of esters is 1. The standard InChI is InChI=1S/C71H137NO5/c1-3-5-7-9-11-13-15-17-19-20-29-33-37-41-45-49-53-57-61-65-71(76)77-66-62-58-54-50-46-42-38-34-31-28-26-24-22-21-23-25-27-30-32-36-40-44-48-52-56-60-64-70(75)72-68(67-73)69(74)63-59-55-51-47-43-39-35-18-16-14-12-10-8-6-4-2/h17,19,59,63,68-69,73-74H,3-16,18,20-58,60-62,64-67H2,1-2H3,(H,72,75)/b19-17-,63-59+. The van der Waals surface area contributed by atoms with Crippen molar-refractivity contribution in [3.05, 3.63) is 24.3 Å². The van der Waals surface area contributed by atoms with Crippen molar-refractivity contribution >= 4 is 11.9 Å². The van der Waals surface area contributed by atoms with Gasteiger partial charge in [-0.15, -0.1) is 0 Å². The van der Waals surface area contributed by atoms with Crippen LogP contribution in [-0.2, 0) is 14.3 Å². The Morgan fingerprint density at radius 3 is 0.922 bits per heavy atom. The molecule has 0 aliphatic heterocycles. The van der Waals surface area contributed by atoms with Gasteiger partial charge in [-0.3, -0.25) is 9.59 Å². The molecular formula is C71H137NO5. The van der Waals surface area contributed by atoms with Crippen molar-refractivity contribution in [3.8, 4) is 0 Å². The summed E-state index contributed by atoms with van der Waals surface area (Å²) in [6.45, 7) is 4.93. The number of unbranched alkanes of at least 4 members (excludes halogenated alkanes) is 53. The number of carbonyl (C=O) groups excluding carboxylic acids is 2. The predicted molar refractivity (Wildman–Crippen MR) is 338 cm³/mol. The first-order chi connectivity index (χ1) is 38.0. The highest BCUT2D eigenvalue weighted by Crippen LogP contribution is 2.19. The average Bonchev–Trinajstić information content (AvgIpc) is 3.43. The Morgan fingerprint density at radius 2 is 0.610 bits per heavy atom. The van der Waals surface area contributed by atoms with Crippen molar-refractivity contribution in [2.45, 2.75) is 405 Å². The average molecular weight is 1080 g/mol. The summed E-state index contributed by atoms with van der Waals surface area (Å²) in [5, 5.41) is 23.2. The summed E-state index contributed by atoms with van der Waals surface area (Å²) in [6.07, 6.45) is 84.0. The molecule has 0 spiro atoms. The van der Waals surface area contributed by atoms with Gasteiger partial charge in [0.25, 0.3) is 0 Å². The lowest BCUT2D eigenvalue weighted by atomic mass is 10.0. The van der Waals surface area contributed by atoms with E-state index in [1.807, 2.05) is 6.08 Å². The molecule has 0 aliphatic carbocycles. The first-order valence-corrected chi connectivity index (χ1v) is 35.1. The summed E-state index contributed by atoms with van der Waals surface area (Å²) in [7, 11) is 0. The van der Waals surface area contributed by atoms with Crippen LogP contribution in [0.5, 0.6) is 0 Å². The number of allylic oxidation sites excluding steroid dienone is 3. The van der Waals surface area contributed by atoms with Crippen molar-refractivity contribution < 1.29 is 24.5 Å². The molecule has 0 rings (SSSR count). The molecule has 0 fully saturated rings. The van der Waals surface area contributed by atoms with E-state index < -0.39 is 12.1 Å². The summed E-state index contributed by atoms with van der Waals surface area (Å²) in [5.41, 5.74) is 0. The quantitative estimate of drug-likeness (QED) is 0.0320. The van der Waals surface area contributed by atoms with Gasteiger partial charge >= 0.3 is 5.97 Å². The van der Waals surface area contributed by atoms with Crippen LogP contribution in [0.1, 0.15) is 393 Å². The fourth-order valence-electron chi connectivity index (χ4n) is 11.1. The molecule has 0 heterocycles. The van der Waals surface area contributed by atoms with E-state index in [-0.39, 0.29) is 18.5 Å². The van der Waals surface area contributed by atoms with Crippen molar-refractivity contribution in [2.24, 2.45) is 0 Å². The molecule has 456 valence electrons. The van der Waals surface area contributed by atoms with Gasteiger partial charge in [-0.2, -0.15) is 0 Å². The van der Waals surface area contributed by atoms with Gasteiger partial charge in [-0.25, -0.2) is 0 Å². The van der Waals surface area contributed by atoms with Crippen LogP contribution < -0.4 is 5.32 Å². The highest BCUT2D eigenvalue weighted by atomic mass is 16.5. The third kappa shape index (κ3) is 63.4. The Labute approximate surface area is 481 Å². The number of amides is 1. The van der Waals surface area contributed by atoms with Gasteiger partial charge in [0.1, 0.15) is 0 Å². The number of aliphatic hydroxyl groups excluding tert-OH is 2. The largest absolute Gasteiger partial charge is 0.466 e.